The highest BCUT2D eigenvalue weighted by Gasteiger charge is 2.25. The maximum Gasteiger partial charge on any atom is 0.242 e. The lowest BCUT2D eigenvalue weighted by Crippen LogP contribution is -2.27. The molecule has 3 N–H and O–H groups in total. The van der Waals surface area contributed by atoms with Crippen LogP contribution in [-0.4, -0.2) is 28.6 Å². The number of hydrogen-bond acceptors (Lipinski definition) is 4. The number of benzene rings is 1. The molecule has 6 heteroatoms. The molecule has 0 bridgehead atoms. The van der Waals surface area contributed by atoms with Crippen molar-refractivity contribution in [1.82, 2.24) is 4.72 Å². The van der Waals surface area contributed by atoms with Crippen LogP contribution in [0.3, 0.4) is 0 Å². The predicted molar refractivity (Wildman–Crippen MR) is 82.3 cm³/mol. The van der Waals surface area contributed by atoms with E-state index < -0.39 is 10.0 Å². The van der Waals surface area contributed by atoms with Gasteiger partial charge in [-0.3, -0.25) is 0 Å². The normalized spacial score (nSPS) is 15.3. The first-order valence-corrected chi connectivity index (χ1v) is 8.54. The van der Waals surface area contributed by atoms with Crippen molar-refractivity contribution in [3.05, 3.63) is 18.2 Å². The average molecular weight is 297 g/mol. The SMILES string of the molecule is CCCN(CC1CC1)c1ccc(S(=O)(=O)NC)c(N)c1. The van der Waals surface area contributed by atoms with Gasteiger partial charge < -0.3 is 10.6 Å². The smallest absolute Gasteiger partial charge is 0.242 e. The first-order chi connectivity index (χ1) is 9.47. The summed E-state index contributed by atoms with van der Waals surface area (Å²) in [6, 6.07) is 5.20. The van der Waals surface area contributed by atoms with Crippen molar-refractivity contribution in [3.8, 4) is 0 Å². The van der Waals surface area contributed by atoms with E-state index >= 15 is 0 Å². The predicted octanol–water partition coefficient (Wildman–Crippen LogP) is 1.80. The van der Waals surface area contributed by atoms with Crippen LogP contribution in [0.1, 0.15) is 26.2 Å². The standard InChI is InChI=1S/C14H23N3O2S/c1-3-8-17(10-11-4-5-11)12-6-7-14(13(15)9-12)20(18,19)16-2/h6-7,9,11,16H,3-5,8,10,15H2,1-2H3. The van der Waals surface area contributed by atoms with Gasteiger partial charge in [-0.2, -0.15) is 0 Å². The molecule has 0 amide bonds. The Morgan fingerprint density at radius 2 is 2.10 bits per heavy atom. The molecule has 2 rings (SSSR count). The van der Waals surface area contributed by atoms with Crippen molar-refractivity contribution in [2.75, 3.05) is 30.8 Å². The number of nitrogens with two attached hydrogens (primary N) is 1. The topological polar surface area (TPSA) is 75.4 Å². The summed E-state index contributed by atoms with van der Waals surface area (Å²) in [5, 5.41) is 0. The molecule has 1 aromatic rings. The Kier molecular flexibility index (Phi) is 4.55. The van der Waals surface area contributed by atoms with E-state index in [0.29, 0.717) is 5.69 Å². The van der Waals surface area contributed by atoms with E-state index in [0.717, 1.165) is 31.1 Å². The number of hydrogen-bond donors (Lipinski definition) is 2. The molecule has 1 aliphatic carbocycles. The van der Waals surface area contributed by atoms with Crippen LogP contribution in [0.2, 0.25) is 0 Å². The van der Waals surface area contributed by atoms with Crippen molar-refractivity contribution in [2.45, 2.75) is 31.1 Å². The fourth-order valence-electron chi connectivity index (χ4n) is 2.30. The maximum atomic E-state index is 11.8. The molecule has 1 aliphatic rings. The Hall–Kier alpha value is -1.27. The molecular weight excluding hydrogens is 274 g/mol. The number of rotatable bonds is 7. The molecule has 112 valence electrons. The molecule has 20 heavy (non-hydrogen) atoms. The van der Waals surface area contributed by atoms with Gasteiger partial charge in [-0.05, 0) is 50.4 Å². The molecule has 1 saturated carbocycles. The van der Waals surface area contributed by atoms with Crippen molar-refractivity contribution >= 4 is 21.4 Å². The highest BCUT2D eigenvalue weighted by Crippen LogP contribution is 2.32. The Bertz CT molecular complexity index is 568. The molecule has 0 unspecified atom stereocenters. The molecule has 0 spiro atoms. The monoisotopic (exact) mass is 297 g/mol. The minimum atomic E-state index is -3.49. The molecule has 0 aliphatic heterocycles. The molecule has 0 atom stereocenters. The average Bonchev–Trinajstić information content (AvgIpc) is 3.22. The van der Waals surface area contributed by atoms with Crippen LogP contribution >= 0.6 is 0 Å². The molecule has 0 saturated heterocycles. The van der Waals surface area contributed by atoms with Gasteiger partial charge in [0.2, 0.25) is 10.0 Å². The Morgan fingerprint density at radius 1 is 1.40 bits per heavy atom. The van der Waals surface area contributed by atoms with Crippen LogP contribution in [0.25, 0.3) is 0 Å². The van der Waals surface area contributed by atoms with E-state index in [1.54, 1.807) is 12.1 Å². The molecule has 1 fully saturated rings. The zero-order chi connectivity index (χ0) is 14.8. The van der Waals surface area contributed by atoms with Gasteiger partial charge in [-0.1, -0.05) is 6.92 Å². The number of nitrogens with zero attached hydrogens (tertiary/aromatic N) is 1. The highest BCUT2D eigenvalue weighted by molar-refractivity contribution is 7.89. The summed E-state index contributed by atoms with van der Waals surface area (Å²) < 4.78 is 25.9. The van der Waals surface area contributed by atoms with E-state index in [4.69, 9.17) is 5.73 Å². The fourth-order valence-corrected chi connectivity index (χ4v) is 3.13. The lowest BCUT2D eigenvalue weighted by atomic mass is 10.2. The summed E-state index contributed by atoms with van der Waals surface area (Å²) in [6.07, 6.45) is 3.65. The highest BCUT2D eigenvalue weighted by atomic mass is 32.2. The van der Waals surface area contributed by atoms with Crippen LogP contribution < -0.4 is 15.4 Å². The third-order valence-corrected chi connectivity index (χ3v) is 5.07. The molecule has 5 nitrogen and oxygen atoms in total. The zero-order valence-electron chi connectivity index (χ0n) is 12.1. The van der Waals surface area contributed by atoms with Crippen molar-refractivity contribution in [1.29, 1.82) is 0 Å². The largest absolute Gasteiger partial charge is 0.398 e. The van der Waals surface area contributed by atoms with E-state index in [-0.39, 0.29) is 4.90 Å². The summed E-state index contributed by atoms with van der Waals surface area (Å²) in [5.41, 5.74) is 7.22. The van der Waals surface area contributed by atoms with Gasteiger partial charge in [-0.15, -0.1) is 0 Å². The second-order valence-corrected chi connectivity index (χ2v) is 7.17. The number of nitrogen functional groups attached to an aromatic ring is 1. The summed E-state index contributed by atoms with van der Waals surface area (Å²) in [5.74, 6) is 0.781. The molecule has 0 heterocycles. The first kappa shape index (κ1) is 15.1. The van der Waals surface area contributed by atoms with Gasteiger partial charge in [0.1, 0.15) is 4.90 Å². The van der Waals surface area contributed by atoms with Crippen LogP contribution in [0, 0.1) is 5.92 Å². The van der Waals surface area contributed by atoms with E-state index in [2.05, 4.69) is 16.5 Å². The number of anilines is 2. The number of nitrogens with one attached hydrogen (secondary N) is 1. The molecule has 1 aromatic carbocycles. The third-order valence-electron chi connectivity index (χ3n) is 3.59. The Balaban J connectivity index is 2.26. The van der Waals surface area contributed by atoms with E-state index in [1.165, 1.54) is 19.9 Å². The lowest BCUT2D eigenvalue weighted by molar-refractivity contribution is 0.588. The third kappa shape index (κ3) is 3.43. The van der Waals surface area contributed by atoms with Crippen LogP contribution in [0.15, 0.2) is 23.1 Å². The van der Waals surface area contributed by atoms with Gasteiger partial charge in [0.15, 0.2) is 0 Å². The number of sulfonamides is 1. The zero-order valence-corrected chi connectivity index (χ0v) is 12.9. The Labute approximate surface area is 121 Å². The van der Waals surface area contributed by atoms with E-state index in [9.17, 15) is 8.42 Å². The van der Waals surface area contributed by atoms with Gasteiger partial charge >= 0.3 is 0 Å². The van der Waals surface area contributed by atoms with Gasteiger partial charge in [0.25, 0.3) is 0 Å². The quantitative estimate of drug-likeness (QED) is 0.753. The van der Waals surface area contributed by atoms with Crippen LogP contribution in [0.4, 0.5) is 11.4 Å². The van der Waals surface area contributed by atoms with E-state index in [1.807, 2.05) is 6.07 Å². The minimum Gasteiger partial charge on any atom is -0.398 e. The molecule has 0 aromatic heterocycles. The van der Waals surface area contributed by atoms with Crippen molar-refractivity contribution < 1.29 is 8.42 Å². The summed E-state index contributed by atoms with van der Waals surface area (Å²) in [6.45, 7) is 4.14. The second kappa shape index (κ2) is 6.01. The van der Waals surface area contributed by atoms with Gasteiger partial charge in [-0.25, -0.2) is 13.1 Å². The summed E-state index contributed by atoms with van der Waals surface area (Å²) >= 11 is 0. The molecular formula is C14H23N3O2S. The molecule has 0 radical (unpaired) electrons. The lowest BCUT2D eigenvalue weighted by Gasteiger charge is -2.25. The van der Waals surface area contributed by atoms with Crippen LogP contribution in [-0.2, 0) is 10.0 Å². The van der Waals surface area contributed by atoms with Crippen LogP contribution in [0.5, 0.6) is 0 Å². The summed E-state index contributed by atoms with van der Waals surface area (Å²) in [4.78, 5) is 2.44. The first-order valence-electron chi connectivity index (χ1n) is 7.06. The van der Waals surface area contributed by atoms with Gasteiger partial charge in [0.05, 0.1) is 5.69 Å². The van der Waals surface area contributed by atoms with Gasteiger partial charge in [0, 0.05) is 18.8 Å². The second-order valence-electron chi connectivity index (χ2n) is 5.32. The Morgan fingerprint density at radius 3 is 2.60 bits per heavy atom. The fraction of sp³-hybridized carbons (Fsp3) is 0.571. The van der Waals surface area contributed by atoms with Crippen molar-refractivity contribution in [3.63, 3.8) is 0 Å². The summed E-state index contributed by atoms with van der Waals surface area (Å²) in [7, 11) is -2.10. The van der Waals surface area contributed by atoms with Crippen molar-refractivity contribution in [2.24, 2.45) is 5.92 Å². The minimum absolute atomic E-state index is 0.145. The maximum absolute atomic E-state index is 11.8.